The largest absolute Gasteiger partial charge is 0.375 e. The number of aromatic amines is 1. The second kappa shape index (κ2) is 14.6. The molecule has 2 N–H and O–H groups in total. The molecule has 4 aromatic rings. The van der Waals surface area contributed by atoms with Gasteiger partial charge < -0.3 is 19.9 Å². The SMILES string of the molecule is CC(=O)NC1=CCCC=C1.Cc1cccc(C2CN(c3ncnc4[nH]ccc34)CCN2CCOCc2ccccc2)c1. The van der Waals surface area contributed by atoms with Gasteiger partial charge in [-0.3, -0.25) is 9.69 Å². The lowest BCUT2D eigenvalue weighted by Crippen LogP contribution is -2.49. The minimum atomic E-state index is -0.00204. The highest BCUT2D eigenvalue weighted by atomic mass is 16.5. The fraction of sp³-hybridized carbons (Fsp3) is 0.324. The topological polar surface area (TPSA) is 86.4 Å². The summed E-state index contributed by atoms with van der Waals surface area (Å²) in [5.74, 6) is 1.01. The summed E-state index contributed by atoms with van der Waals surface area (Å²) in [6, 6.07) is 21.6. The molecule has 218 valence electrons. The summed E-state index contributed by atoms with van der Waals surface area (Å²) in [5, 5.41) is 3.80. The van der Waals surface area contributed by atoms with E-state index in [0.717, 1.165) is 61.6 Å². The Labute approximate surface area is 248 Å². The number of nitrogens with zero attached hydrogens (tertiary/aromatic N) is 4. The van der Waals surface area contributed by atoms with Gasteiger partial charge in [0.2, 0.25) is 5.91 Å². The van der Waals surface area contributed by atoms with Crippen molar-refractivity contribution in [2.75, 3.05) is 37.7 Å². The molecule has 1 unspecified atom stereocenters. The normalized spacial score (nSPS) is 17.0. The van der Waals surface area contributed by atoms with E-state index in [1.807, 2.05) is 24.4 Å². The Balaban J connectivity index is 0.000000300. The zero-order valence-electron chi connectivity index (χ0n) is 24.5. The number of rotatable bonds is 8. The van der Waals surface area contributed by atoms with Crippen LogP contribution in [0.3, 0.4) is 0 Å². The first-order valence-corrected chi connectivity index (χ1v) is 14.7. The van der Waals surface area contributed by atoms with E-state index in [9.17, 15) is 4.79 Å². The van der Waals surface area contributed by atoms with Gasteiger partial charge in [0.1, 0.15) is 17.8 Å². The zero-order valence-corrected chi connectivity index (χ0v) is 24.5. The first kappa shape index (κ1) is 29.2. The third-order valence-electron chi connectivity index (χ3n) is 7.50. The Hall–Kier alpha value is -4.27. The van der Waals surface area contributed by atoms with Crippen molar-refractivity contribution in [1.82, 2.24) is 25.2 Å². The molecule has 6 rings (SSSR count). The lowest BCUT2D eigenvalue weighted by molar-refractivity contribution is -0.118. The number of anilines is 1. The monoisotopic (exact) mass is 564 g/mol. The number of carbonyl (C=O) groups excluding carboxylic acids is 1. The van der Waals surface area contributed by atoms with Gasteiger partial charge in [-0.05, 0) is 43.0 Å². The molecule has 2 aromatic heterocycles. The number of hydrogen-bond acceptors (Lipinski definition) is 6. The van der Waals surface area contributed by atoms with Crippen molar-refractivity contribution in [2.45, 2.75) is 39.3 Å². The van der Waals surface area contributed by atoms with Crippen molar-refractivity contribution in [1.29, 1.82) is 0 Å². The second-order valence-corrected chi connectivity index (χ2v) is 10.7. The van der Waals surface area contributed by atoms with Crippen molar-refractivity contribution in [2.24, 2.45) is 0 Å². The maximum Gasteiger partial charge on any atom is 0.221 e. The quantitative estimate of drug-likeness (QED) is 0.267. The van der Waals surface area contributed by atoms with Crippen LogP contribution in [0.2, 0.25) is 0 Å². The van der Waals surface area contributed by atoms with Gasteiger partial charge in [0.05, 0.1) is 24.6 Å². The van der Waals surface area contributed by atoms with Gasteiger partial charge >= 0.3 is 0 Å². The average Bonchev–Trinajstić information content (AvgIpc) is 3.50. The minimum Gasteiger partial charge on any atom is -0.375 e. The molecule has 1 saturated heterocycles. The number of piperazine rings is 1. The molecule has 0 radical (unpaired) electrons. The Morgan fingerprint density at radius 1 is 1.07 bits per heavy atom. The molecule has 1 aliphatic heterocycles. The molecule has 0 saturated carbocycles. The Kier molecular flexibility index (Phi) is 10.1. The first-order valence-electron chi connectivity index (χ1n) is 14.7. The number of benzene rings is 2. The summed E-state index contributed by atoms with van der Waals surface area (Å²) < 4.78 is 6.01. The molecular formula is C34H40N6O2. The number of aromatic nitrogens is 3. The van der Waals surface area contributed by atoms with E-state index < -0.39 is 0 Å². The minimum absolute atomic E-state index is 0.00204. The number of carbonyl (C=O) groups is 1. The number of fused-ring (bicyclic) bond motifs is 1. The summed E-state index contributed by atoms with van der Waals surface area (Å²) >= 11 is 0. The molecule has 8 heteroatoms. The highest BCUT2D eigenvalue weighted by Crippen LogP contribution is 2.31. The highest BCUT2D eigenvalue weighted by Gasteiger charge is 2.29. The van der Waals surface area contributed by atoms with Gasteiger partial charge in [0.25, 0.3) is 0 Å². The van der Waals surface area contributed by atoms with E-state index in [2.05, 4.69) is 97.7 Å². The first-order chi connectivity index (χ1) is 20.6. The molecule has 0 bridgehead atoms. The fourth-order valence-electron chi connectivity index (χ4n) is 5.44. The number of hydrogen-bond donors (Lipinski definition) is 2. The van der Waals surface area contributed by atoms with Crippen LogP contribution in [0, 0.1) is 6.92 Å². The summed E-state index contributed by atoms with van der Waals surface area (Å²) in [4.78, 5) is 27.7. The van der Waals surface area contributed by atoms with Gasteiger partial charge in [-0.15, -0.1) is 0 Å². The lowest BCUT2D eigenvalue weighted by Gasteiger charge is -2.42. The van der Waals surface area contributed by atoms with Crippen molar-refractivity contribution >= 4 is 22.8 Å². The van der Waals surface area contributed by atoms with Crippen LogP contribution in [-0.4, -0.2) is 58.5 Å². The van der Waals surface area contributed by atoms with Gasteiger partial charge in [-0.25, -0.2) is 9.97 Å². The van der Waals surface area contributed by atoms with Crippen molar-refractivity contribution < 1.29 is 9.53 Å². The molecule has 3 heterocycles. The van der Waals surface area contributed by atoms with Crippen LogP contribution in [0.1, 0.15) is 42.5 Å². The van der Waals surface area contributed by atoms with Crippen LogP contribution in [0.5, 0.6) is 0 Å². The summed E-state index contributed by atoms with van der Waals surface area (Å²) in [5.41, 5.74) is 5.66. The van der Waals surface area contributed by atoms with Crippen LogP contribution in [0.15, 0.2) is 97.1 Å². The molecule has 2 aromatic carbocycles. The summed E-state index contributed by atoms with van der Waals surface area (Å²) in [6.07, 6.45) is 11.7. The second-order valence-electron chi connectivity index (χ2n) is 10.7. The van der Waals surface area contributed by atoms with E-state index in [1.54, 1.807) is 6.33 Å². The molecule has 8 nitrogen and oxygen atoms in total. The fourth-order valence-corrected chi connectivity index (χ4v) is 5.44. The molecular weight excluding hydrogens is 524 g/mol. The standard InChI is InChI=1S/C26H29N5O.C8H11NO/c1-20-6-5-9-22(16-20)24-17-31(26-23-10-11-27-25(23)28-19-29-26)13-12-30(24)14-15-32-18-21-7-3-2-4-8-21;1-7(10)9-8-5-3-2-4-6-8/h2-11,16,19,24H,12-15,17-18H2,1H3,(H,27,28,29);3,5-6H,2,4H2,1H3,(H,9,10). The predicted molar refractivity (Wildman–Crippen MR) is 168 cm³/mol. The molecule has 1 atom stereocenters. The third-order valence-corrected chi connectivity index (χ3v) is 7.50. The number of amides is 1. The summed E-state index contributed by atoms with van der Waals surface area (Å²) in [7, 11) is 0. The van der Waals surface area contributed by atoms with Crippen LogP contribution >= 0.6 is 0 Å². The van der Waals surface area contributed by atoms with Crippen LogP contribution < -0.4 is 10.2 Å². The molecule has 1 aliphatic carbocycles. The van der Waals surface area contributed by atoms with Crippen LogP contribution in [0.25, 0.3) is 11.0 Å². The predicted octanol–water partition coefficient (Wildman–Crippen LogP) is 5.70. The van der Waals surface area contributed by atoms with E-state index in [4.69, 9.17) is 4.74 Å². The Morgan fingerprint density at radius 3 is 2.74 bits per heavy atom. The molecule has 1 amide bonds. The number of nitrogens with one attached hydrogen (secondary N) is 2. The van der Waals surface area contributed by atoms with Gasteiger partial charge in [0, 0.05) is 45.0 Å². The van der Waals surface area contributed by atoms with Gasteiger partial charge in [-0.1, -0.05) is 72.3 Å². The van der Waals surface area contributed by atoms with E-state index in [1.165, 1.54) is 23.6 Å². The number of allylic oxidation sites excluding steroid dienone is 3. The van der Waals surface area contributed by atoms with Gasteiger partial charge in [-0.2, -0.15) is 0 Å². The number of aryl methyl sites for hydroxylation is 1. The van der Waals surface area contributed by atoms with E-state index in [-0.39, 0.29) is 11.9 Å². The smallest absolute Gasteiger partial charge is 0.221 e. The van der Waals surface area contributed by atoms with Crippen LogP contribution in [-0.2, 0) is 16.1 Å². The molecule has 42 heavy (non-hydrogen) atoms. The Morgan fingerprint density at radius 2 is 1.95 bits per heavy atom. The number of ether oxygens (including phenoxy) is 1. The van der Waals surface area contributed by atoms with E-state index >= 15 is 0 Å². The summed E-state index contributed by atoms with van der Waals surface area (Å²) in [6.45, 7) is 8.73. The van der Waals surface area contributed by atoms with Crippen molar-refractivity contribution in [3.8, 4) is 0 Å². The maximum atomic E-state index is 10.5. The molecule has 2 aliphatic rings. The maximum absolute atomic E-state index is 10.5. The highest BCUT2D eigenvalue weighted by molar-refractivity contribution is 5.87. The number of H-pyrrole nitrogens is 1. The van der Waals surface area contributed by atoms with Crippen molar-refractivity contribution in [3.05, 3.63) is 114 Å². The third kappa shape index (κ3) is 7.93. The average molecular weight is 565 g/mol. The van der Waals surface area contributed by atoms with Gasteiger partial charge in [0.15, 0.2) is 0 Å². The van der Waals surface area contributed by atoms with Crippen LogP contribution in [0.4, 0.5) is 5.82 Å². The Bertz CT molecular complexity index is 1510. The lowest BCUT2D eigenvalue weighted by atomic mass is 10.00. The molecule has 0 spiro atoms. The molecule has 1 fully saturated rings. The van der Waals surface area contributed by atoms with E-state index in [0.29, 0.717) is 13.2 Å². The van der Waals surface area contributed by atoms with Crippen molar-refractivity contribution in [3.63, 3.8) is 0 Å². The zero-order chi connectivity index (χ0) is 29.1.